The van der Waals surface area contributed by atoms with E-state index in [0.29, 0.717) is 32.0 Å². The van der Waals surface area contributed by atoms with Gasteiger partial charge in [-0.25, -0.2) is 0 Å². The van der Waals surface area contributed by atoms with Gasteiger partial charge in [0.25, 0.3) is 0 Å². The smallest absolute Gasteiger partial charge is 0.162 e. The molecule has 0 aromatic heterocycles. The zero-order valence-electron chi connectivity index (χ0n) is 24.8. The highest BCUT2D eigenvalue weighted by atomic mass is 35.5. The number of methoxy groups -OCH3 is 1. The van der Waals surface area contributed by atoms with Crippen LogP contribution in [-0.4, -0.2) is 19.4 Å². The molecule has 0 amide bonds. The lowest BCUT2D eigenvalue weighted by molar-refractivity contribution is 0.255. The molecule has 0 aliphatic carbocycles. The van der Waals surface area contributed by atoms with Crippen LogP contribution in [0.1, 0.15) is 33.4 Å². The highest BCUT2D eigenvalue weighted by Gasteiger charge is 2.20. The van der Waals surface area contributed by atoms with Gasteiger partial charge in [-0.2, -0.15) is 0 Å². The Morgan fingerprint density at radius 1 is 0.545 bits per heavy atom. The average molecular weight is 606 g/mol. The van der Waals surface area contributed by atoms with Gasteiger partial charge >= 0.3 is 0 Å². The van der Waals surface area contributed by atoms with Gasteiger partial charge in [0.1, 0.15) is 19.8 Å². The summed E-state index contributed by atoms with van der Waals surface area (Å²) in [6.45, 7) is 2.13. The predicted octanol–water partition coefficient (Wildman–Crippen LogP) is 8.44. The minimum Gasteiger partial charge on any atom is -0.493 e. The van der Waals surface area contributed by atoms with Gasteiger partial charge in [-0.1, -0.05) is 97.1 Å². The molecular formula is C38H36ClNO4. The number of fused-ring (bicyclic) bond motifs is 1. The highest BCUT2D eigenvalue weighted by Crippen LogP contribution is 2.36. The summed E-state index contributed by atoms with van der Waals surface area (Å²) in [6, 6.07) is 40.9. The average Bonchev–Trinajstić information content (AvgIpc) is 3.07. The molecule has 5 aromatic carbocycles. The van der Waals surface area contributed by atoms with E-state index >= 15 is 0 Å². The number of ether oxygens (including phenoxy) is 4. The van der Waals surface area contributed by atoms with Crippen molar-refractivity contribution in [2.45, 2.75) is 32.7 Å². The van der Waals surface area contributed by atoms with Crippen LogP contribution in [0.2, 0.25) is 0 Å². The van der Waals surface area contributed by atoms with E-state index in [1.54, 1.807) is 7.11 Å². The molecule has 5 aromatic rings. The topological polar surface area (TPSA) is 49.3 Å². The molecule has 5 nitrogen and oxygen atoms in total. The minimum absolute atomic E-state index is 0. The number of benzene rings is 5. The summed E-state index contributed by atoms with van der Waals surface area (Å²) < 4.78 is 24.5. The maximum atomic E-state index is 6.38. The van der Waals surface area contributed by atoms with E-state index in [-0.39, 0.29) is 12.4 Å². The lowest BCUT2D eigenvalue weighted by atomic mass is 9.93. The van der Waals surface area contributed by atoms with Crippen molar-refractivity contribution in [3.8, 4) is 23.0 Å². The summed E-state index contributed by atoms with van der Waals surface area (Å²) in [6.07, 6.45) is 1.52. The summed E-state index contributed by atoms with van der Waals surface area (Å²) >= 11 is 0. The van der Waals surface area contributed by atoms with Crippen molar-refractivity contribution < 1.29 is 18.9 Å². The van der Waals surface area contributed by atoms with Crippen molar-refractivity contribution in [2.75, 3.05) is 13.7 Å². The number of hydrogen-bond acceptors (Lipinski definition) is 5. The third-order valence-electron chi connectivity index (χ3n) is 7.48. The monoisotopic (exact) mass is 605 g/mol. The van der Waals surface area contributed by atoms with Crippen LogP contribution in [0.4, 0.5) is 0 Å². The second-order valence-electron chi connectivity index (χ2n) is 10.5. The Kier molecular flexibility index (Phi) is 10.6. The molecule has 1 aliphatic heterocycles. The van der Waals surface area contributed by atoms with Crippen LogP contribution in [0.25, 0.3) is 0 Å². The highest BCUT2D eigenvalue weighted by molar-refractivity contribution is 6.04. The molecule has 0 radical (unpaired) electrons. The number of halogens is 1. The van der Waals surface area contributed by atoms with E-state index in [2.05, 4.69) is 60.7 Å². The molecule has 0 unspecified atom stereocenters. The van der Waals surface area contributed by atoms with E-state index in [1.165, 1.54) is 5.56 Å². The maximum Gasteiger partial charge on any atom is 0.162 e. The number of aliphatic imine (C=N–C) groups is 1. The maximum absolute atomic E-state index is 6.38. The standard InChI is InChI=1S/C38H35NO4.ClH/c1-40-35-18-17-31(22-36(35)41-25-28-11-5-2-6-12-28)21-34-33-24-38(43-27-30-15-9-4-10-16-30)37(23-32(33)19-20-39-34)42-26-29-13-7-3-8-14-29;/h2-18,22-24H,19-21,25-27H2,1H3;1H. The Balaban J connectivity index is 0.00000384. The first-order chi connectivity index (χ1) is 21.2. The van der Waals surface area contributed by atoms with Crippen molar-refractivity contribution in [2.24, 2.45) is 4.99 Å². The van der Waals surface area contributed by atoms with Gasteiger partial charge in [0.2, 0.25) is 0 Å². The zero-order chi connectivity index (χ0) is 29.3. The van der Waals surface area contributed by atoms with E-state index in [4.69, 9.17) is 23.9 Å². The molecule has 6 heteroatoms. The summed E-state index contributed by atoms with van der Waals surface area (Å²) in [4.78, 5) is 4.96. The molecule has 1 aliphatic rings. The molecule has 6 rings (SSSR count). The molecule has 0 saturated heterocycles. The predicted molar refractivity (Wildman–Crippen MR) is 178 cm³/mol. The molecule has 0 atom stereocenters. The van der Waals surface area contributed by atoms with Gasteiger partial charge in [-0.3, -0.25) is 4.99 Å². The number of rotatable bonds is 12. The summed E-state index contributed by atoms with van der Waals surface area (Å²) in [7, 11) is 1.67. The molecule has 0 saturated carbocycles. The Morgan fingerprint density at radius 2 is 1.05 bits per heavy atom. The fraction of sp³-hybridized carbons (Fsp3) is 0.184. The van der Waals surface area contributed by atoms with Gasteiger partial charge in [0.15, 0.2) is 23.0 Å². The van der Waals surface area contributed by atoms with E-state index in [9.17, 15) is 0 Å². The second kappa shape index (κ2) is 15.1. The van der Waals surface area contributed by atoms with Crippen molar-refractivity contribution in [3.63, 3.8) is 0 Å². The van der Waals surface area contributed by atoms with Crippen molar-refractivity contribution in [1.29, 1.82) is 0 Å². The van der Waals surface area contributed by atoms with Crippen molar-refractivity contribution in [1.82, 2.24) is 0 Å². The Labute approximate surface area is 265 Å². The lowest BCUT2D eigenvalue weighted by Crippen LogP contribution is -2.16. The Hall–Kier alpha value is -4.74. The third kappa shape index (κ3) is 7.80. The first-order valence-electron chi connectivity index (χ1n) is 14.6. The largest absolute Gasteiger partial charge is 0.493 e. The molecule has 224 valence electrons. The minimum atomic E-state index is 0. The molecule has 0 bridgehead atoms. The van der Waals surface area contributed by atoms with Crippen LogP contribution in [0.3, 0.4) is 0 Å². The van der Waals surface area contributed by atoms with Gasteiger partial charge < -0.3 is 18.9 Å². The Bertz CT molecular complexity index is 1670. The van der Waals surface area contributed by atoms with Gasteiger partial charge in [0.05, 0.1) is 7.11 Å². The molecular weight excluding hydrogens is 570 g/mol. The van der Waals surface area contributed by atoms with Crippen LogP contribution >= 0.6 is 12.4 Å². The molecule has 44 heavy (non-hydrogen) atoms. The lowest BCUT2D eigenvalue weighted by Gasteiger charge is -2.22. The molecule has 1 heterocycles. The summed E-state index contributed by atoms with van der Waals surface area (Å²) in [5.41, 5.74) is 7.77. The van der Waals surface area contributed by atoms with Crippen LogP contribution in [0, 0.1) is 0 Å². The van der Waals surface area contributed by atoms with E-state index in [0.717, 1.165) is 63.7 Å². The van der Waals surface area contributed by atoms with Crippen LogP contribution < -0.4 is 18.9 Å². The molecule has 0 spiro atoms. The second-order valence-corrected chi connectivity index (χ2v) is 10.5. The SMILES string of the molecule is COc1ccc(CC2=NCCc3cc(OCc4ccccc4)c(OCc4ccccc4)cc32)cc1OCc1ccccc1.Cl. The molecule has 0 fully saturated rings. The first-order valence-corrected chi connectivity index (χ1v) is 14.6. The van der Waals surface area contributed by atoms with Crippen LogP contribution in [0.15, 0.2) is 126 Å². The molecule has 0 N–H and O–H groups in total. The fourth-order valence-corrected chi connectivity index (χ4v) is 5.19. The van der Waals surface area contributed by atoms with Gasteiger partial charge in [0, 0.05) is 24.2 Å². The van der Waals surface area contributed by atoms with Crippen molar-refractivity contribution in [3.05, 3.63) is 155 Å². The Morgan fingerprint density at radius 3 is 1.57 bits per heavy atom. The van der Waals surface area contributed by atoms with E-state index in [1.807, 2.05) is 60.7 Å². The van der Waals surface area contributed by atoms with Crippen LogP contribution in [0.5, 0.6) is 23.0 Å². The summed E-state index contributed by atoms with van der Waals surface area (Å²) in [5.74, 6) is 2.90. The van der Waals surface area contributed by atoms with Crippen LogP contribution in [-0.2, 0) is 32.7 Å². The first kappa shape index (κ1) is 30.7. The van der Waals surface area contributed by atoms with E-state index < -0.39 is 0 Å². The van der Waals surface area contributed by atoms with Gasteiger partial charge in [-0.15, -0.1) is 12.4 Å². The normalized spacial score (nSPS) is 11.9. The fourth-order valence-electron chi connectivity index (χ4n) is 5.19. The number of hydrogen-bond donors (Lipinski definition) is 0. The summed E-state index contributed by atoms with van der Waals surface area (Å²) in [5, 5.41) is 0. The zero-order valence-corrected chi connectivity index (χ0v) is 25.6. The van der Waals surface area contributed by atoms with Crippen molar-refractivity contribution >= 4 is 18.1 Å². The third-order valence-corrected chi connectivity index (χ3v) is 7.48. The number of nitrogens with zero attached hydrogens (tertiary/aromatic N) is 1. The van der Waals surface area contributed by atoms with Gasteiger partial charge in [-0.05, 0) is 58.5 Å². The quantitative estimate of drug-likeness (QED) is 0.143.